The zero-order chi connectivity index (χ0) is 11.5. The first-order valence-corrected chi connectivity index (χ1v) is 6.59. The highest BCUT2D eigenvalue weighted by Gasteiger charge is 2.32. The molecule has 3 nitrogen and oxygen atoms in total. The Kier molecular flexibility index (Phi) is 4.22. The molecule has 1 heterocycles. The van der Waals surface area contributed by atoms with Crippen LogP contribution in [-0.2, 0) is 9.47 Å². The van der Waals surface area contributed by atoms with Crippen LogP contribution in [0.5, 0.6) is 0 Å². The Balaban J connectivity index is 1.70. The predicted molar refractivity (Wildman–Crippen MR) is 64.6 cm³/mol. The zero-order valence-corrected chi connectivity index (χ0v) is 10.7. The summed E-state index contributed by atoms with van der Waals surface area (Å²) in [7, 11) is 1.81. The van der Waals surface area contributed by atoms with Gasteiger partial charge in [-0.1, -0.05) is 13.8 Å². The molecule has 16 heavy (non-hydrogen) atoms. The van der Waals surface area contributed by atoms with E-state index in [1.807, 2.05) is 7.11 Å². The van der Waals surface area contributed by atoms with E-state index < -0.39 is 0 Å². The van der Waals surface area contributed by atoms with Crippen molar-refractivity contribution in [2.75, 3.05) is 13.7 Å². The molecule has 2 fully saturated rings. The second-order valence-electron chi connectivity index (χ2n) is 5.57. The molecule has 1 N–H and O–H groups in total. The Morgan fingerprint density at radius 3 is 2.56 bits per heavy atom. The van der Waals surface area contributed by atoms with Crippen LogP contribution in [0, 0.1) is 5.92 Å². The quantitative estimate of drug-likeness (QED) is 0.796. The van der Waals surface area contributed by atoms with Gasteiger partial charge in [0.05, 0.1) is 12.2 Å². The Morgan fingerprint density at radius 1 is 1.19 bits per heavy atom. The van der Waals surface area contributed by atoms with Crippen molar-refractivity contribution in [2.24, 2.45) is 5.92 Å². The third-order valence-electron chi connectivity index (χ3n) is 3.96. The Hall–Kier alpha value is -0.120. The molecule has 0 aromatic rings. The van der Waals surface area contributed by atoms with Crippen molar-refractivity contribution in [1.82, 2.24) is 5.32 Å². The molecule has 2 unspecified atom stereocenters. The first kappa shape index (κ1) is 12.3. The standard InChI is InChI=1S/C13H25NO2/c1-9(2)13-8-10(4-5-16-13)14-11-6-12(7-11)15-3/h9-14H,4-8H2,1-3H3. The summed E-state index contributed by atoms with van der Waals surface area (Å²) < 4.78 is 11.1. The lowest BCUT2D eigenvalue weighted by Crippen LogP contribution is -2.51. The van der Waals surface area contributed by atoms with E-state index in [1.165, 1.54) is 19.3 Å². The number of nitrogens with one attached hydrogen (secondary N) is 1. The molecule has 0 radical (unpaired) electrons. The third-order valence-corrected chi connectivity index (χ3v) is 3.96. The molecule has 1 aliphatic carbocycles. The molecule has 3 heteroatoms. The average Bonchev–Trinajstić information content (AvgIpc) is 2.23. The lowest BCUT2D eigenvalue weighted by molar-refractivity contribution is -0.0359. The SMILES string of the molecule is COC1CC(NC2CCOC(C(C)C)C2)C1. The Bertz CT molecular complexity index is 214. The van der Waals surface area contributed by atoms with Gasteiger partial charge in [-0.15, -0.1) is 0 Å². The first-order chi connectivity index (χ1) is 7.69. The monoisotopic (exact) mass is 227 g/mol. The normalized spacial score (nSPS) is 39.8. The Labute approximate surface area is 98.9 Å². The minimum Gasteiger partial charge on any atom is -0.381 e. The topological polar surface area (TPSA) is 30.5 Å². The lowest BCUT2D eigenvalue weighted by Gasteiger charge is -2.40. The molecule has 0 spiro atoms. The second kappa shape index (κ2) is 5.48. The van der Waals surface area contributed by atoms with Crippen molar-refractivity contribution in [2.45, 2.75) is 63.8 Å². The van der Waals surface area contributed by atoms with Crippen LogP contribution >= 0.6 is 0 Å². The maximum Gasteiger partial charge on any atom is 0.0612 e. The van der Waals surface area contributed by atoms with Gasteiger partial charge in [-0.2, -0.15) is 0 Å². The van der Waals surface area contributed by atoms with Crippen LogP contribution in [0.3, 0.4) is 0 Å². The fourth-order valence-corrected chi connectivity index (χ4v) is 2.67. The van der Waals surface area contributed by atoms with Gasteiger partial charge in [-0.3, -0.25) is 0 Å². The lowest BCUT2D eigenvalue weighted by atomic mass is 9.87. The van der Waals surface area contributed by atoms with Crippen LogP contribution < -0.4 is 5.32 Å². The van der Waals surface area contributed by atoms with Crippen LogP contribution in [0.15, 0.2) is 0 Å². The maximum absolute atomic E-state index is 5.78. The van der Waals surface area contributed by atoms with Crippen molar-refractivity contribution in [1.29, 1.82) is 0 Å². The van der Waals surface area contributed by atoms with E-state index in [2.05, 4.69) is 19.2 Å². The molecule has 2 atom stereocenters. The van der Waals surface area contributed by atoms with Gasteiger partial charge in [0.2, 0.25) is 0 Å². The van der Waals surface area contributed by atoms with Gasteiger partial charge in [0.15, 0.2) is 0 Å². The van der Waals surface area contributed by atoms with Crippen LogP contribution in [0.2, 0.25) is 0 Å². The zero-order valence-electron chi connectivity index (χ0n) is 10.7. The van der Waals surface area contributed by atoms with Gasteiger partial charge < -0.3 is 14.8 Å². The summed E-state index contributed by atoms with van der Waals surface area (Å²) in [6.45, 7) is 5.41. The summed E-state index contributed by atoms with van der Waals surface area (Å²) in [6.07, 6.45) is 5.65. The van der Waals surface area contributed by atoms with E-state index >= 15 is 0 Å². The second-order valence-corrected chi connectivity index (χ2v) is 5.57. The van der Waals surface area contributed by atoms with Crippen LogP contribution in [0.4, 0.5) is 0 Å². The molecule has 0 bridgehead atoms. The molecule has 1 aliphatic heterocycles. The number of rotatable bonds is 4. The number of methoxy groups -OCH3 is 1. The van der Waals surface area contributed by atoms with Crippen LogP contribution in [-0.4, -0.2) is 38.0 Å². The van der Waals surface area contributed by atoms with Crippen molar-refractivity contribution >= 4 is 0 Å². The van der Waals surface area contributed by atoms with E-state index in [0.29, 0.717) is 30.2 Å². The summed E-state index contributed by atoms with van der Waals surface area (Å²) in [5.74, 6) is 0.637. The number of hydrogen-bond donors (Lipinski definition) is 1. The minimum absolute atomic E-state index is 0.449. The molecule has 0 aromatic heterocycles. The summed E-state index contributed by atoms with van der Waals surface area (Å²) in [4.78, 5) is 0. The summed E-state index contributed by atoms with van der Waals surface area (Å²) in [5.41, 5.74) is 0. The molecular formula is C13H25NO2. The van der Waals surface area contributed by atoms with E-state index in [4.69, 9.17) is 9.47 Å². The minimum atomic E-state index is 0.449. The van der Waals surface area contributed by atoms with Crippen molar-refractivity contribution in [3.05, 3.63) is 0 Å². The number of hydrogen-bond acceptors (Lipinski definition) is 3. The van der Waals surface area contributed by atoms with E-state index in [-0.39, 0.29) is 0 Å². The molecule has 94 valence electrons. The largest absolute Gasteiger partial charge is 0.381 e. The highest BCUT2D eigenvalue weighted by atomic mass is 16.5. The van der Waals surface area contributed by atoms with Crippen molar-refractivity contribution in [3.8, 4) is 0 Å². The molecule has 2 rings (SSSR count). The van der Waals surface area contributed by atoms with E-state index in [0.717, 1.165) is 13.0 Å². The highest BCUT2D eigenvalue weighted by molar-refractivity contribution is 4.90. The first-order valence-electron chi connectivity index (χ1n) is 6.59. The van der Waals surface area contributed by atoms with E-state index in [9.17, 15) is 0 Å². The maximum atomic E-state index is 5.78. The molecule has 1 saturated heterocycles. The fraction of sp³-hybridized carbons (Fsp3) is 1.00. The van der Waals surface area contributed by atoms with E-state index in [1.54, 1.807) is 0 Å². The van der Waals surface area contributed by atoms with Crippen LogP contribution in [0.25, 0.3) is 0 Å². The highest BCUT2D eigenvalue weighted by Crippen LogP contribution is 2.26. The average molecular weight is 227 g/mol. The fourth-order valence-electron chi connectivity index (χ4n) is 2.67. The predicted octanol–water partition coefficient (Wildman–Crippen LogP) is 1.96. The van der Waals surface area contributed by atoms with Gasteiger partial charge in [0.25, 0.3) is 0 Å². The van der Waals surface area contributed by atoms with Gasteiger partial charge in [-0.05, 0) is 31.6 Å². The van der Waals surface area contributed by atoms with Crippen molar-refractivity contribution in [3.63, 3.8) is 0 Å². The summed E-state index contributed by atoms with van der Waals surface area (Å²) >= 11 is 0. The smallest absolute Gasteiger partial charge is 0.0612 e. The third kappa shape index (κ3) is 2.96. The summed E-state index contributed by atoms with van der Waals surface area (Å²) in [5, 5.41) is 3.74. The van der Waals surface area contributed by atoms with Crippen molar-refractivity contribution < 1.29 is 9.47 Å². The van der Waals surface area contributed by atoms with Gasteiger partial charge in [-0.25, -0.2) is 0 Å². The molecule has 2 aliphatic rings. The van der Waals surface area contributed by atoms with Crippen LogP contribution in [0.1, 0.15) is 39.5 Å². The summed E-state index contributed by atoms with van der Waals surface area (Å²) in [6, 6.07) is 1.34. The van der Waals surface area contributed by atoms with Gasteiger partial charge >= 0.3 is 0 Å². The molecule has 0 aromatic carbocycles. The molecule has 1 saturated carbocycles. The van der Waals surface area contributed by atoms with Gasteiger partial charge in [0.1, 0.15) is 0 Å². The van der Waals surface area contributed by atoms with Gasteiger partial charge in [0, 0.05) is 25.8 Å². The molecule has 0 amide bonds. The Morgan fingerprint density at radius 2 is 1.94 bits per heavy atom. The number of ether oxygens (including phenoxy) is 2. The molecular weight excluding hydrogens is 202 g/mol.